The van der Waals surface area contributed by atoms with E-state index in [1.807, 2.05) is 29.8 Å². The number of carbonyl (C=O) groups is 1. The first-order chi connectivity index (χ1) is 12.6. The summed E-state index contributed by atoms with van der Waals surface area (Å²) in [5, 5.41) is 15.2. The van der Waals surface area contributed by atoms with Gasteiger partial charge in [0.15, 0.2) is 5.69 Å². The van der Waals surface area contributed by atoms with E-state index in [0.29, 0.717) is 23.3 Å². The zero-order valence-corrected chi connectivity index (χ0v) is 17.0. The largest absolute Gasteiger partial charge is 0.375 e. The summed E-state index contributed by atoms with van der Waals surface area (Å²) in [6.07, 6.45) is 1.70. The van der Waals surface area contributed by atoms with Crippen LogP contribution >= 0.6 is 24.0 Å². The molecule has 3 rings (SSSR count). The number of hydrogen-bond acceptors (Lipinski definition) is 5. The maximum Gasteiger partial charge on any atom is 0.273 e. The van der Waals surface area contributed by atoms with Gasteiger partial charge in [-0.05, 0) is 50.6 Å². The number of halogens is 2. The van der Waals surface area contributed by atoms with E-state index < -0.39 is 0 Å². The molecule has 0 aliphatic carbocycles. The van der Waals surface area contributed by atoms with Crippen LogP contribution in [-0.2, 0) is 4.74 Å². The van der Waals surface area contributed by atoms with Crippen LogP contribution in [0.25, 0.3) is 0 Å². The Kier molecular flexibility index (Phi) is 8.04. The smallest absolute Gasteiger partial charge is 0.273 e. The second-order valence-corrected chi connectivity index (χ2v) is 6.88. The Bertz CT molecular complexity index is 762. The highest BCUT2D eigenvalue weighted by molar-refractivity contribution is 6.30. The van der Waals surface area contributed by atoms with Gasteiger partial charge in [-0.15, -0.1) is 17.5 Å². The van der Waals surface area contributed by atoms with Crippen LogP contribution in [0.15, 0.2) is 24.3 Å². The van der Waals surface area contributed by atoms with Crippen molar-refractivity contribution in [3.05, 3.63) is 46.2 Å². The van der Waals surface area contributed by atoms with Crippen molar-refractivity contribution in [3.63, 3.8) is 0 Å². The fourth-order valence-corrected chi connectivity index (χ4v) is 3.46. The summed E-state index contributed by atoms with van der Waals surface area (Å²) < 4.78 is 7.36. The normalized spacial score (nSPS) is 15.8. The molecule has 1 fully saturated rings. The predicted molar refractivity (Wildman–Crippen MR) is 107 cm³/mol. The van der Waals surface area contributed by atoms with E-state index in [9.17, 15) is 4.79 Å². The molecule has 1 amide bonds. The van der Waals surface area contributed by atoms with Crippen LogP contribution in [0.4, 0.5) is 0 Å². The molecule has 9 heteroatoms. The van der Waals surface area contributed by atoms with Crippen molar-refractivity contribution >= 4 is 29.9 Å². The van der Waals surface area contributed by atoms with Crippen molar-refractivity contribution in [1.82, 2.24) is 25.6 Å². The Morgan fingerprint density at radius 3 is 2.85 bits per heavy atom. The number of ether oxygens (including phenoxy) is 1. The first kappa shape index (κ1) is 21.6. The minimum atomic E-state index is -0.280. The van der Waals surface area contributed by atoms with Gasteiger partial charge in [0.1, 0.15) is 0 Å². The van der Waals surface area contributed by atoms with E-state index in [1.165, 1.54) is 0 Å². The van der Waals surface area contributed by atoms with Crippen molar-refractivity contribution in [1.29, 1.82) is 0 Å². The summed E-state index contributed by atoms with van der Waals surface area (Å²) in [6.45, 7) is 4.14. The molecule has 148 valence electrons. The number of amides is 1. The topological polar surface area (TPSA) is 81.1 Å². The maximum absolute atomic E-state index is 12.6. The molecule has 0 spiro atoms. The Hall–Kier alpha value is -1.67. The van der Waals surface area contributed by atoms with Crippen LogP contribution in [0, 0.1) is 6.92 Å². The molecule has 1 unspecified atom stereocenters. The van der Waals surface area contributed by atoms with E-state index >= 15 is 0 Å². The molecule has 27 heavy (non-hydrogen) atoms. The van der Waals surface area contributed by atoms with Crippen molar-refractivity contribution in [2.45, 2.75) is 31.9 Å². The summed E-state index contributed by atoms with van der Waals surface area (Å²) in [6, 6.07) is 7.72. The third-order valence-electron chi connectivity index (χ3n) is 4.75. The van der Waals surface area contributed by atoms with Crippen molar-refractivity contribution in [2.75, 3.05) is 26.7 Å². The third-order valence-corrected chi connectivity index (χ3v) is 4.99. The maximum atomic E-state index is 12.6. The van der Waals surface area contributed by atoms with Crippen molar-refractivity contribution < 1.29 is 9.53 Å². The van der Waals surface area contributed by atoms with Gasteiger partial charge >= 0.3 is 0 Å². The SMILES string of the molecule is COC(CNC(=O)c1nnn(C2CCNCC2)c1C)c1cccc(Cl)c1.Cl. The number of aromatic nitrogens is 3. The van der Waals surface area contributed by atoms with E-state index in [0.717, 1.165) is 37.2 Å². The van der Waals surface area contributed by atoms with E-state index in [4.69, 9.17) is 16.3 Å². The zero-order valence-electron chi connectivity index (χ0n) is 15.4. The molecule has 1 atom stereocenters. The molecule has 0 radical (unpaired) electrons. The average Bonchev–Trinajstić information content (AvgIpc) is 3.04. The highest BCUT2D eigenvalue weighted by Gasteiger charge is 2.23. The van der Waals surface area contributed by atoms with Crippen molar-refractivity contribution in [2.24, 2.45) is 0 Å². The summed E-state index contributed by atoms with van der Waals surface area (Å²) in [4.78, 5) is 12.6. The lowest BCUT2D eigenvalue weighted by Gasteiger charge is -2.23. The Morgan fingerprint density at radius 1 is 1.44 bits per heavy atom. The molecule has 2 aromatic rings. The molecule has 0 saturated carbocycles. The average molecular weight is 414 g/mol. The number of methoxy groups -OCH3 is 1. The third kappa shape index (κ3) is 5.19. The summed E-state index contributed by atoms with van der Waals surface area (Å²) in [7, 11) is 1.61. The highest BCUT2D eigenvalue weighted by atomic mass is 35.5. The second-order valence-electron chi connectivity index (χ2n) is 6.44. The number of nitrogens with one attached hydrogen (secondary N) is 2. The van der Waals surface area contributed by atoms with E-state index in [1.54, 1.807) is 13.2 Å². The van der Waals surface area contributed by atoms with Crippen LogP contribution in [0.1, 0.15) is 46.7 Å². The first-order valence-electron chi connectivity index (χ1n) is 8.79. The van der Waals surface area contributed by atoms with Gasteiger partial charge in [-0.3, -0.25) is 4.79 Å². The Labute approximate surface area is 170 Å². The van der Waals surface area contributed by atoms with Gasteiger partial charge in [-0.1, -0.05) is 28.9 Å². The quantitative estimate of drug-likeness (QED) is 0.760. The molecule has 1 aliphatic rings. The van der Waals surface area contributed by atoms with Gasteiger partial charge in [0, 0.05) is 18.7 Å². The van der Waals surface area contributed by atoms with Crippen LogP contribution in [0.2, 0.25) is 5.02 Å². The van der Waals surface area contributed by atoms with Gasteiger partial charge in [0.2, 0.25) is 0 Å². The van der Waals surface area contributed by atoms with Gasteiger partial charge in [0.25, 0.3) is 5.91 Å². The van der Waals surface area contributed by atoms with Gasteiger partial charge in [-0.2, -0.15) is 0 Å². The fourth-order valence-electron chi connectivity index (χ4n) is 3.26. The van der Waals surface area contributed by atoms with E-state index in [2.05, 4.69) is 20.9 Å². The fraction of sp³-hybridized carbons (Fsp3) is 0.500. The van der Waals surface area contributed by atoms with E-state index in [-0.39, 0.29) is 24.4 Å². The summed E-state index contributed by atoms with van der Waals surface area (Å²) >= 11 is 6.03. The lowest BCUT2D eigenvalue weighted by atomic mass is 10.1. The lowest BCUT2D eigenvalue weighted by Crippen LogP contribution is -2.31. The van der Waals surface area contributed by atoms with Crippen molar-refractivity contribution in [3.8, 4) is 0 Å². The molecular formula is C18H25Cl2N5O2. The van der Waals surface area contributed by atoms with Crippen LogP contribution < -0.4 is 10.6 Å². The standard InChI is InChI=1S/C18H24ClN5O2.ClH/c1-12-17(22-23-24(12)15-6-8-20-9-7-15)18(25)21-11-16(26-2)13-4-3-5-14(19)10-13;/h3-5,10,15-16,20H,6-9,11H2,1-2H3,(H,21,25);1H. The van der Waals surface area contributed by atoms with Gasteiger partial charge in [0.05, 0.1) is 17.8 Å². The molecule has 1 aromatic carbocycles. The zero-order chi connectivity index (χ0) is 18.5. The summed E-state index contributed by atoms with van der Waals surface area (Å²) in [5.41, 5.74) is 2.07. The molecule has 2 heterocycles. The minimum Gasteiger partial charge on any atom is -0.375 e. The number of carbonyl (C=O) groups excluding carboxylic acids is 1. The number of benzene rings is 1. The molecule has 1 saturated heterocycles. The Balaban J connectivity index is 0.00000261. The number of rotatable bonds is 6. The van der Waals surface area contributed by atoms with Gasteiger partial charge in [-0.25, -0.2) is 4.68 Å². The Morgan fingerprint density at radius 2 is 2.19 bits per heavy atom. The van der Waals surface area contributed by atoms with Gasteiger partial charge < -0.3 is 15.4 Å². The minimum absolute atomic E-state index is 0. The molecule has 1 aliphatic heterocycles. The molecule has 2 N–H and O–H groups in total. The lowest BCUT2D eigenvalue weighted by molar-refractivity contribution is 0.0823. The van der Waals surface area contributed by atoms with Crippen LogP contribution in [-0.4, -0.2) is 47.6 Å². The molecule has 0 bridgehead atoms. The highest BCUT2D eigenvalue weighted by Crippen LogP contribution is 2.21. The van der Waals surface area contributed by atoms with Crippen LogP contribution in [0.5, 0.6) is 0 Å². The number of nitrogens with zero attached hydrogens (tertiary/aromatic N) is 3. The molecular weight excluding hydrogens is 389 g/mol. The number of piperidine rings is 1. The number of hydrogen-bond donors (Lipinski definition) is 2. The second kappa shape index (κ2) is 10.0. The molecule has 7 nitrogen and oxygen atoms in total. The summed E-state index contributed by atoms with van der Waals surface area (Å²) in [5.74, 6) is -0.244. The molecule has 1 aromatic heterocycles. The first-order valence-corrected chi connectivity index (χ1v) is 9.17. The monoisotopic (exact) mass is 413 g/mol. The van der Waals surface area contributed by atoms with Crippen LogP contribution in [0.3, 0.4) is 0 Å². The predicted octanol–water partition coefficient (Wildman–Crippen LogP) is 2.70.